The summed E-state index contributed by atoms with van der Waals surface area (Å²) in [7, 11) is 3.49. The molecular weight excluding hydrogens is 280 g/mol. The zero-order valence-electron chi connectivity index (χ0n) is 9.72. The highest BCUT2D eigenvalue weighted by atomic mass is 79.9. The van der Waals surface area contributed by atoms with E-state index in [4.69, 9.17) is 0 Å². The van der Waals surface area contributed by atoms with Crippen LogP contribution in [0.25, 0.3) is 5.69 Å². The van der Waals surface area contributed by atoms with E-state index in [1.165, 1.54) is 0 Å². The summed E-state index contributed by atoms with van der Waals surface area (Å²) < 4.78 is 2.78. The topological polar surface area (TPSA) is 25.2 Å². The second-order valence-corrected chi connectivity index (χ2v) is 4.81. The van der Waals surface area contributed by atoms with Gasteiger partial charge in [-0.05, 0) is 46.3 Å². The van der Waals surface area contributed by atoms with Crippen LogP contribution in [0, 0.1) is 0 Å². The van der Waals surface area contributed by atoms with Gasteiger partial charge in [-0.25, -0.2) is 0 Å². The number of amides is 1. The Morgan fingerprint density at radius 1 is 1.24 bits per heavy atom. The van der Waals surface area contributed by atoms with Crippen LogP contribution in [0.3, 0.4) is 0 Å². The first kappa shape index (κ1) is 11.9. The maximum atomic E-state index is 12.0. The minimum Gasteiger partial charge on any atom is -0.345 e. The van der Waals surface area contributed by atoms with E-state index in [1.54, 1.807) is 19.0 Å². The van der Waals surface area contributed by atoms with Crippen molar-refractivity contribution in [2.75, 3.05) is 14.1 Å². The average Bonchev–Trinajstić information content (AvgIpc) is 2.82. The van der Waals surface area contributed by atoms with Crippen molar-refractivity contribution in [2.24, 2.45) is 0 Å². The van der Waals surface area contributed by atoms with Gasteiger partial charge in [0, 0.05) is 36.6 Å². The predicted octanol–water partition coefficient (Wildman–Crippen LogP) is 2.94. The molecule has 0 bridgehead atoms. The summed E-state index contributed by atoms with van der Waals surface area (Å²) in [5.74, 6) is -0.00844. The Kier molecular flexibility index (Phi) is 3.33. The summed E-state index contributed by atoms with van der Waals surface area (Å²) in [6, 6.07) is 9.65. The van der Waals surface area contributed by atoms with Crippen LogP contribution in [0.2, 0.25) is 0 Å². The van der Waals surface area contributed by atoms with E-state index < -0.39 is 0 Å². The van der Waals surface area contributed by atoms with E-state index in [0.717, 1.165) is 10.2 Å². The molecule has 2 rings (SSSR count). The number of hydrogen-bond acceptors (Lipinski definition) is 1. The lowest BCUT2D eigenvalue weighted by Crippen LogP contribution is -2.22. The van der Waals surface area contributed by atoms with Crippen molar-refractivity contribution >= 4 is 21.8 Å². The standard InChI is InChI=1S/C13H13BrN2O/c1-15(2)13(17)11-9-10(5-6-12(11)14)16-7-3-4-8-16/h3-9H,1-2H3. The Morgan fingerprint density at radius 3 is 2.47 bits per heavy atom. The molecule has 0 N–H and O–H groups in total. The molecule has 0 aliphatic heterocycles. The smallest absolute Gasteiger partial charge is 0.254 e. The molecule has 0 saturated carbocycles. The fourth-order valence-electron chi connectivity index (χ4n) is 1.59. The first-order chi connectivity index (χ1) is 8.09. The molecule has 3 nitrogen and oxygen atoms in total. The van der Waals surface area contributed by atoms with Crippen molar-refractivity contribution in [1.29, 1.82) is 0 Å². The Morgan fingerprint density at radius 2 is 1.88 bits per heavy atom. The quantitative estimate of drug-likeness (QED) is 0.835. The SMILES string of the molecule is CN(C)C(=O)c1cc(-n2cccc2)ccc1Br. The lowest BCUT2D eigenvalue weighted by Gasteiger charge is -2.13. The van der Waals surface area contributed by atoms with E-state index in [9.17, 15) is 4.79 Å². The molecule has 0 spiro atoms. The molecule has 0 aliphatic carbocycles. The molecule has 0 saturated heterocycles. The van der Waals surface area contributed by atoms with E-state index in [2.05, 4.69) is 15.9 Å². The van der Waals surface area contributed by atoms with Gasteiger partial charge in [-0.2, -0.15) is 0 Å². The second kappa shape index (κ2) is 4.75. The normalized spacial score (nSPS) is 10.3. The lowest BCUT2D eigenvalue weighted by molar-refractivity contribution is 0.0826. The first-order valence-corrected chi connectivity index (χ1v) is 6.03. The third-order valence-electron chi connectivity index (χ3n) is 2.49. The Bertz CT molecular complexity index is 532. The van der Waals surface area contributed by atoms with Crippen molar-refractivity contribution in [2.45, 2.75) is 0 Å². The first-order valence-electron chi connectivity index (χ1n) is 5.24. The van der Waals surface area contributed by atoms with Gasteiger partial charge in [0.25, 0.3) is 5.91 Å². The summed E-state index contributed by atoms with van der Waals surface area (Å²) in [4.78, 5) is 13.5. The van der Waals surface area contributed by atoms with Crippen LogP contribution in [-0.4, -0.2) is 29.5 Å². The molecule has 0 atom stereocenters. The molecule has 1 heterocycles. The molecule has 1 aromatic carbocycles. The lowest BCUT2D eigenvalue weighted by atomic mass is 10.2. The number of benzene rings is 1. The van der Waals surface area contributed by atoms with E-state index in [-0.39, 0.29) is 5.91 Å². The highest BCUT2D eigenvalue weighted by molar-refractivity contribution is 9.10. The minimum atomic E-state index is -0.00844. The molecule has 4 heteroatoms. The molecule has 0 unspecified atom stereocenters. The van der Waals surface area contributed by atoms with Crippen molar-refractivity contribution in [1.82, 2.24) is 9.47 Å². The van der Waals surface area contributed by atoms with Crippen LogP contribution in [0.15, 0.2) is 47.2 Å². The van der Waals surface area contributed by atoms with Gasteiger partial charge in [0.1, 0.15) is 0 Å². The zero-order chi connectivity index (χ0) is 12.4. The van der Waals surface area contributed by atoms with Crippen LogP contribution in [0.1, 0.15) is 10.4 Å². The summed E-state index contributed by atoms with van der Waals surface area (Å²) in [5.41, 5.74) is 1.64. The highest BCUT2D eigenvalue weighted by Gasteiger charge is 2.12. The van der Waals surface area contributed by atoms with Gasteiger partial charge in [-0.15, -0.1) is 0 Å². The van der Waals surface area contributed by atoms with Crippen molar-refractivity contribution in [3.8, 4) is 5.69 Å². The van der Waals surface area contributed by atoms with Gasteiger partial charge < -0.3 is 9.47 Å². The minimum absolute atomic E-state index is 0.00844. The third kappa shape index (κ3) is 2.42. The zero-order valence-corrected chi connectivity index (χ0v) is 11.3. The summed E-state index contributed by atoms with van der Waals surface area (Å²) in [5, 5.41) is 0. The molecule has 1 amide bonds. The monoisotopic (exact) mass is 292 g/mol. The summed E-state index contributed by atoms with van der Waals surface area (Å²) >= 11 is 3.41. The number of aromatic nitrogens is 1. The van der Waals surface area contributed by atoms with Gasteiger partial charge in [-0.3, -0.25) is 4.79 Å². The second-order valence-electron chi connectivity index (χ2n) is 3.95. The highest BCUT2D eigenvalue weighted by Crippen LogP contribution is 2.21. The van der Waals surface area contributed by atoms with Crippen LogP contribution in [0.5, 0.6) is 0 Å². The van der Waals surface area contributed by atoms with Crippen LogP contribution >= 0.6 is 15.9 Å². The van der Waals surface area contributed by atoms with Gasteiger partial charge >= 0.3 is 0 Å². The number of halogens is 1. The van der Waals surface area contributed by atoms with E-state index in [0.29, 0.717) is 5.56 Å². The molecule has 0 aliphatic rings. The van der Waals surface area contributed by atoms with Gasteiger partial charge in [0.2, 0.25) is 0 Å². The summed E-state index contributed by atoms with van der Waals surface area (Å²) in [6.45, 7) is 0. The number of nitrogens with zero attached hydrogens (tertiary/aromatic N) is 2. The largest absolute Gasteiger partial charge is 0.345 e. The Labute approximate surface area is 109 Å². The predicted molar refractivity (Wildman–Crippen MR) is 71.5 cm³/mol. The molecule has 17 heavy (non-hydrogen) atoms. The van der Waals surface area contributed by atoms with Gasteiger partial charge in [0.15, 0.2) is 0 Å². The molecule has 88 valence electrons. The Balaban J connectivity index is 2.47. The molecule has 1 aromatic heterocycles. The van der Waals surface area contributed by atoms with Crippen molar-refractivity contribution < 1.29 is 4.79 Å². The van der Waals surface area contributed by atoms with Crippen LogP contribution < -0.4 is 0 Å². The maximum Gasteiger partial charge on any atom is 0.254 e. The molecular formula is C13H13BrN2O. The number of carbonyl (C=O) groups excluding carboxylic acids is 1. The molecule has 0 fully saturated rings. The van der Waals surface area contributed by atoms with Gasteiger partial charge in [-0.1, -0.05) is 0 Å². The van der Waals surface area contributed by atoms with Gasteiger partial charge in [0.05, 0.1) is 5.56 Å². The average molecular weight is 293 g/mol. The van der Waals surface area contributed by atoms with Crippen LogP contribution in [0.4, 0.5) is 0 Å². The van der Waals surface area contributed by atoms with Crippen molar-refractivity contribution in [3.63, 3.8) is 0 Å². The van der Waals surface area contributed by atoms with Crippen LogP contribution in [-0.2, 0) is 0 Å². The number of rotatable bonds is 2. The van der Waals surface area contributed by atoms with E-state index in [1.807, 2.05) is 47.3 Å². The fraction of sp³-hybridized carbons (Fsp3) is 0.154. The van der Waals surface area contributed by atoms with E-state index >= 15 is 0 Å². The third-order valence-corrected chi connectivity index (χ3v) is 3.18. The van der Waals surface area contributed by atoms with Crippen molar-refractivity contribution in [3.05, 3.63) is 52.8 Å². The molecule has 0 radical (unpaired) electrons. The number of hydrogen-bond donors (Lipinski definition) is 0. The Hall–Kier alpha value is -1.55. The maximum absolute atomic E-state index is 12.0. The number of carbonyl (C=O) groups is 1. The molecule has 2 aromatic rings. The fourth-order valence-corrected chi connectivity index (χ4v) is 2.00. The summed E-state index contributed by atoms with van der Waals surface area (Å²) in [6.07, 6.45) is 3.90.